The lowest BCUT2D eigenvalue weighted by atomic mass is 9.91. The first-order valence-electron chi connectivity index (χ1n) is 11.7. The molecule has 0 amide bonds. The van der Waals surface area contributed by atoms with Crippen molar-refractivity contribution in [2.45, 2.75) is 18.8 Å². The zero-order chi connectivity index (χ0) is 23.8. The highest BCUT2D eigenvalue weighted by Gasteiger charge is 2.28. The Morgan fingerprint density at radius 3 is 2.57 bits per heavy atom. The van der Waals surface area contributed by atoms with Crippen molar-refractivity contribution in [3.05, 3.63) is 48.2 Å². The Hall–Kier alpha value is -3.86. The lowest BCUT2D eigenvalue weighted by Crippen LogP contribution is -2.37. The molecule has 179 valence electrons. The van der Waals surface area contributed by atoms with Crippen molar-refractivity contribution in [1.82, 2.24) is 30.1 Å². The van der Waals surface area contributed by atoms with Crippen LogP contribution in [0.5, 0.6) is 0 Å². The van der Waals surface area contributed by atoms with Crippen molar-refractivity contribution >= 4 is 28.6 Å². The van der Waals surface area contributed by atoms with Crippen LogP contribution >= 0.6 is 0 Å². The van der Waals surface area contributed by atoms with Crippen LogP contribution in [-0.2, 0) is 4.74 Å². The van der Waals surface area contributed by atoms with Gasteiger partial charge in [0.05, 0.1) is 30.0 Å². The van der Waals surface area contributed by atoms with Gasteiger partial charge in [-0.3, -0.25) is 5.10 Å². The number of nitrogens with zero attached hydrogens (tertiary/aromatic N) is 7. The average Bonchev–Trinajstić information content (AvgIpc) is 3.33. The molecule has 0 bridgehead atoms. The van der Waals surface area contributed by atoms with Gasteiger partial charge in [-0.05, 0) is 31.0 Å². The smallest absolute Gasteiger partial charge is 0.228 e. The Bertz CT molecular complexity index is 1330. The van der Waals surface area contributed by atoms with E-state index in [-0.39, 0.29) is 17.7 Å². The molecule has 4 aromatic rings. The molecule has 2 fully saturated rings. The predicted octanol–water partition coefficient (Wildman–Crippen LogP) is 2.55. The number of nitrogens with two attached hydrogens (primary N) is 1. The quantitative estimate of drug-likeness (QED) is 0.459. The zero-order valence-electron chi connectivity index (χ0n) is 19.1. The minimum Gasteiger partial charge on any atom is -0.378 e. The summed E-state index contributed by atoms with van der Waals surface area (Å²) < 4.78 is 19.2. The van der Waals surface area contributed by atoms with Crippen LogP contribution in [0.3, 0.4) is 0 Å². The Balaban J connectivity index is 1.35. The molecular weight excluding hydrogens is 449 g/mol. The Labute approximate surface area is 201 Å². The zero-order valence-corrected chi connectivity index (χ0v) is 19.1. The van der Waals surface area contributed by atoms with E-state index in [0.717, 1.165) is 67.0 Å². The molecule has 0 aliphatic carbocycles. The molecule has 35 heavy (non-hydrogen) atoms. The average molecular weight is 475 g/mol. The Kier molecular flexibility index (Phi) is 5.61. The first-order chi connectivity index (χ1) is 17.2. The number of rotatable bonds is 4. The second-order valence-electron chi connectivity index (χ2n) is 8.79. The number of ether oxygens (including phenoxy) is 1. The number of aromatic nitrogens is 6. The number of piperidine rings is 1. The number of benzene rings is 1. The molecule has 11 heteroatoms. The molecule has 3 aromatic heterocycles. The number of hydrogen-bond donors (Lipinski definition) is 2. The van der Waals surface area contributed by atoms with E-state index in [1.165, 1.54) is 12.1 Å². The van der Waals surface area contributed by atoms with Crippen molar-refractivity contribution < 1.29 is 9.13 Å². The van der Waals surface area contributed by atoms with Gasteiger partial charge in [-0.2, -0.15) is 10.1 Å². The number of morpholine rings is 1. The summed E-state index contributed by atoms with van der Waals surface area (Å²) in [7, 11) is 0. The summed E-state index contributed by atoms with van der Waals surface area (Å²) in [6.45, 7) is 4.28. The molecule has 5 heterocycles. The van der Waals surface area contributed by atoms with Crippen molar-refractivity contribution in [2.24, 2.45) is 0 Å². The number of fused-ring (bicyclic) bond motifs is 1. The highest BCUT2D eigenvalue weighted by molar-refractivity contribution is 5.93. The van der Waals surface area contributed by atoms with E-state index < -0.39 is 0 Å². The molecular formula is C24H25FN9O. The van der Waals surface area contributed by atoms with E-state index in [4.69, 9.17) is 25.5 Å². The predicted molar refractivity (Wildman–Crippen MR) is 130 cm³/mol. The fourth-order valence-electron chi connectivity index (χ4n) is 4.81. The molecule has 6 rings (SSSR count). The maximum atomic E-state index is 13.7. The number of aromatic amines is 1. The SMILES string of the molecule is Nc1ncc(-c2nc(N3CCOCC3)nc3[nH]nc(C4CCN(c5[c]ccc(F)c5)CC4)c23)cn1. The van der Waals surface area contributed by atoms with Gasteiger partial charge in [-0.25, -0.2) is 19.3 Å². The highest BCUT2D eigenvalue weighted by atomic mass is 19.1. The maximum Gasteiger partial charge on any atom is 0.228 e. The molecule has 2 aliphatic heterocycles. The molecule has 10 nitrogen and oxygen atoms in total. The van der Waals surface area contributed by atoms with E-state index in [0.29, 0.717) is 24.8 Å². The standard InChI is InChI=1S/C24H25FN9O/c25-17-2-1-3-18(12-17)33-6-4-15(5-7-33)21-19-20(16-13-27-23(26)28-14-16)29-24(30-22(19)32-31-21)34-8-10-35-11-9-34/h1-2,12-15H,4-11H2,(H2,26,27,28)(H,29,30,31,32). The molecule has 1 radical (unpaired) electrons. The fourth-order valence-corrected chi connectivity index (χ4v) is 4.81. The van der Waals surface area contributed by atoms with Gasteiger partial charge in [0.25, 0.3) is 0 Å². The van der Waals surface area contributed by atoms with Crippen molar-refractivity contribution in [1.29, 1.82) is 0 Å². The van der Waals surface area contributed by atoms with Crippen LogP contribution in [0.2, 0.25) is 0 Å². The number of nitrogens with one attached hydrogen (secondary N) is 1. The second kappa shape index (κ2) is 9.06. The normalized spacial score (nSPS) is 17.3. The van der Waals surface area contributed by atoms with Gasteiger partial charge in [-0.1, -0.05) is 0 Å². The second-order valence-corrected chi connectivity index (χ2v) is 8.79. The molecule has 3 N–H and O–H groups in total. The molecule has 0 atom stereocenters. The molecule has 2 aliphatic rings. The third-order valence-electron chi connectivity index (χ3n) is 6.65. The van der Waals surface area contributed by atoms with Gasteiger partial charge in [0.2, 0.25) is 11.9 Å². The van der Waals surface area contributed by atoms with Gasteiger partial charge in [0, 0.05) is 61.8 Å². The Morgan fingerprint density at radius 2 is 1.83 bits per heavy atom. The van der Waals surface area contributed by atoms with Crippen LogP contribution < -0.4 is 15.5 Å². The molecule has 0 spiro atoms. The molecule has 0 saturated carbocycles. The number of halogens is 1. The minimum absolute atomic E-state index is 0.208. The lowest BCUT2D eigenvalue weighted by Gasteiger charge is -2.33. The first kappa shape index (κ1) is 21.7. The summed E-state index contributed by atoms with van der Waals surface area (Å²) in [5.41, 5.74) is 9.64. The van der Waals surface area contributed by atoms with E-state index >= 15 is 0 Å². The van der Waals surface area contributed by atoms with Crippen molar-refractivity contribution in [2.75, 3.05) is 54.9 Å². The summed E-state index contributed by atoms with van der Waals surface area (Å²) in [4.78, 5) is 22.4. The number of nitrogen functional groups attached to an aromatic ring is 1. The van der Waals surface area contributed by atoms with Crippen LogP contribution in [0.1, 0.15) is 24.5 Å². The van der Waals surface area contributed by atoms with E-state index in [9.17, 15) is 4.39 Å². The highest BCUT2D eigenvalue weighted by Crippen LogP contribution is 2.37. The summed E-state index contributed by atoms with van der Waals surface area (Å²) >= 11 is 0. The summed E-state index contributed by atoms with van der Waals surface area (Å²) in [5, 5.41) is 8.72. The maximum absolute atomic E-state index is 13.7. The topological polar surface area (TPSA) is 122 Å². The Morgan fingerprint density at radius 1 is 1.06 bits per heavy atom. The summed E-state index contributed by atoms with van der Waals surface area (Å²) in [5.74, 6) is 0.795. The van der Waals surface area contributed by atoms with Crippen LogP contribution in [0, 0.1) is 11.9 Å². The third-order valence-corrected chi connectivity index (χ3v) is 6.65. The fraction of sp³-hybridized carbons (Fsp3) is 0.375. The van der Waals surface area contributed by atoms with Crippen LogP contribution in [0.15, 0.2) is 30.6 Å². The van der Waals surface area contributed by atoms with Crippen LogP contribution in [0.25, 0.3) is 22.3 Å². The monoisotopic (exact) mass is 474 g/mol. The largest absolute Gasteiger partial charge is 0.378 e. The summed E-state index contributed by atoms with van der Waals surface area (Å²) in [6, 6.07) is 7.71. The van der Waals surface area contributed by atoms with E-state index in [2.05, 4.69) is 30.9 Å². The van der Waals surface area contributed by atoms with Crippen molar-refractivity contribution in [3.8, 4) is 11.3 Å². The van der Waals surface area contributed by atoms with Gasteiger partial charge in [-0.15, -0.1) is 0 Å². The molecule has 2 saturated heterocycles. The lowest BCUT2D eigenvalue weighted by molar-refractivity contribution is 0.122. The van der Waals surface area contributed by atoms with Gasteiger partial charge < -0.3 is 20.3 Å². The molecule has 0 unspecified atom stereocenters. The summed E-state index contributed by atoms with van der Waals surface area (Å²) in [6.07, 6.45) is 5.11. The van der Waals surface area contributed by atoms with E-state index in [1.54, 1.807) is 18.5 Å². The van der Waals surface area contributed by atoms with Gasteiger partial charge >= 0.3 is 0 Å². The van der Waals surface area contributed by atoms with Crippen LogP contribution in [0.4, 0.5) is 22.0 Å². The minimum atomic E-state index is -0.247. The third kappa shape index (κ3) is 4.23. The van der Waals surface area contributed by atoms with E-state index in [1.807, 2.05) is 0 Å². The van der Waals surface area contributed by atoms with Gasteiger partial charge in [0.1, 0.15) is 5.82 Å². The number of H-pyrrole nitrogens is 1. The van der Waals surface area contributed by atoms with Crippen LogP contribution in [-0.4, -0.2) is 69.5 Å². The number of anilines is 3. The van der Waals surface area contributed by atoms with Gasteiger partial charge in [0.15, 0.2) is 5.65 Å². The molecule has 1 aromatic carbocycles. The number of hydrogen-bond acceptors (Lipinski definition) is 9. The van der Waals surface area contributed by atoms with Crippen molar-refractivity contribution in [3.63, 3.8) is 0 Å². The first-order valence-corrected chi connectivity index (χ1v) is 11.7.